The van der Waals surface area contributed by atoms with E-state index in [2.05, 4.69) is 17.2 Å². The summed E-state index contributed by atoms with van der Waals surface area (Å²) in [5, 5.41) is 2.75. The van der Waals surface area contributed by atoms with Crippen molar-refractivity contribution in [1.82, 2.24) is 0 Å². The molecule has 0 aromatic heterocycles. The highest BCUT2D eigenvalue weighted by Crippen LogP contribution is 2.23. The van der Waals surface area contributed by atoms with Crippen LogP contribution in [0.5, 0.6) is 0 Å². The van der Waals surface area contributed by atoms with Gasteiger partial charge >= 0.3 is 0 Å². The highest BCUT2D eigenvalue weighted by molar-refractivity contribution is 5.95. The number of carbonyl (C=O) groups excluding carboxylic acids is 1. The molecule has 1 heterocycles. The first-order valence-electron chi connectivity index (χ1n) is 6.52. The molecule has 1 aliphatic rings. The summed E-state index contributed by atoms with van der Waals surface area (Å²) in [7, 11) is 0. The van der Waals surface area contributed by atoms with Gasteiger partial charge in [0.25, 0.3) is 5.91 Å². The molecule has 0 saturated carbocycles. The van der Waals surface area contributed by atoms with E-state index in [-0.39, 0.29) is 18.4 Å². The Kier molecular flexibility index (Phi) is 4.72. The van der Waals surface area contributed by atoms with Crippen LogP contribution in [0.4, 0.5) is 10.1 Å². The Morgan fingerprint density at radius 1 is 1.60 bits per heavy atom. The topological polar surface area (TPSA) is 64.3 Å². The molecule has 1 fully saturated rings. The van der Waals surface area contributed by atoms with Crippen LogP contribution >= 0.6 is 0 Å². The average Bonchev–Trinajstić information content (AvgIpc) is 2.85. The molecule has 0 bridgehead atoms. The van der Waals surface area contributed by atoms with Gasteiger partial charge in [0, 0.05) is 6.61 Å². The lowest BCUT2D eigenvalue weighted by Crippen LogP contribution is -2.31. The molecule has 0 aliphatic carbocycles. The van der Waals surface area contributed by atoms with E-state index < -0.39 is 11.9 Å². The van der Waals surface area contributed by atoms with Gasteiger partial charge in [0.1, 0.15) is 11.9 Å². The summed E-state index contributed by atoms with van der Waals surface area (Å²) >= 11 is 0. The largest absolute Gasteiger partial charge is 0.368 e. The van der Waals surface area contributed by atoms with E-state index in [9.17, 15) is 9.18 Å². The lowest BCUT2D eigenvalue weighted by atomic mass is 10.0. The van der Waals surface area contributed by atoms with E-state index in [4.69, 9.17) is 10.5 Å². The number of anilines is 1. The van der Waals surface area contributed by atoms with Crippen molar-refractivity contribution < 1.29 is 13.9 Å². The molecule has 20 heavy (non-hydrogen) atoms. The quantitative estimate of drug-likeness (QED) is 0.805. The van der Waals surface area contributed by atoms with E-state index in [1.54, 1.807) is 0 Å². The van der Waals surface area contributed by atoms with Gasteiger partial charge in [-0.1, -0.05) is 18.8 Å². The van der Waals surface area contributed by atoms with Crippen molar-refractivity contribution in [2.75, 3.05) is 18.5 Å². The monoisotopic (exact) mass is 276 g/mol. The maximum Gasteiger partial charge on any atom is 0.253 e. The number of nitrogens with two attached hydrogens (primary N) is 1. The van der Waals surface area contributed by atoms with Crippen LogP contribution in [0.25, 0.3) is 0 Å². The molecule has 1 saturated heterocycles. The highest BCUT2D eigenvalue weighted by Gasteiger charge is 2.31. The fourth-order valence-electron chi connectivity index (χ4n) is 2.11. The van der Waals surface area contributed by atoms with Crippen molar-refractivity contribution in [1.29, 1.82) is 0 Å². The zero-order chi connectivity index (χ0) is 14.5. The van der Waals surface area contributed by atoms with Crippen molar-refractivity contribution >= 4 is 11.6 Å². The van der Waals surface area contributed by atoms with Gasteiger partial charge in [-0.25, -0.2) is 4.39 Å². The maximum absolute atomic E-state index is 13.2. The number of benzene rings is 1. The summed E-state index contributed by atoms with van der Waals surface area (Å²) in [4.78, 5) is 12.1. The molecule has 4 nitrogen and oxygen atoms in total. The molecule has 1 aromatic carbocycles. The zero-order valence-electron chi connectivity index (χ0n) is 11.3. The third-order valence-electron chi connectivity index (χ3n) is 3.21. The second kappa shape index (κ2) is 6.51. The van der Waals surface area contributed by atoms with Crippen LogP contribution in [0.1, 0.15) is 18.9 Å². The number of halogens is 1. The third-order valence-corrected chi connectivity index (χ3v) is 3.21. The molecule has 0 radical (unpaired) electrons. The van der Waals surface area contributed by atoms with E-state index in [1.807, 2.05) is 6.92 Å². The minimum Gasteiger partial charge on any atom is -0.368 e. The van der Waals surface area contributed by atoms with E-state index >= 15 is 0 Å². The van der Waals surface area contributed by atoms with Crippen molar-refractivity contribution in [3.63, 3.8) is 0 Å². The molecule has 1 amide bonds. The Bertz CT molecular complexity index is 563. The molecule has 5 heteroatoms. The van der Waals surface area contributed by atoms with Gasteiger partial charge in [0.2, 0.25) is 0 Å². The summed E-state index contributed by atoms with van der Waals surface area (Å²) < 4.78 is 18.6. The SMILES string of the molecule is CC1CCOC1C(=O)Nc1ccc(F)cc1C#CCN. The highest BCUT2D eigenvalue weighted by atomic mass is 19.1. The van der Waals surface area contributed by atoms with E-state index in [0.29, 0.717) is 17.9 Å². The molecule has 2 rings (SSSR count). The van der Waals surface area contributed by atoms with Gasteiger partial charge in [0.15, 0.2) is 0 Å². The van der Waals surface area contributed by atoms with Crippen LogP contribution < -0.4 is 11.1 Å². The smallest absolute Gasteiger partial charge is 0.253 e. The number of hydrogen-bond donors (Lipinski definition) is 2. The Hall–Kier alpha value is -1.90. The van der Waals surface area contributed by atoms with E-state index in [1.165, 1.54) is 18.2 Å². The van der Waals surface area contributed by atoms with Crippen LogP contribution in [0.3, 0.4) is 0 Å². The Morgan fingerprint density at radius 2 is 2.40 bits per heavy atom. The zero-order valence-corrected chi connectivity index (χ0v) is 11.3. The number of carbonyl (C=O) groups is 1. The van der Waals surface area contributed by atoms with Crippen LogP contribution in [0.2, 0.25) is 0 Å². The number of amides is 1. The molecule has 106 valence electrons. The van der Waals surface area contributed by atoms with E-state index in [0.717, 1.165) is 6.42 Å². The van der Waals surface area contributed by atoms with Gasteiger partial charge in [-0.05, 0) is 30.5 Å². The van der Waals surface area contributed by atoms with Gasteiger partial charge < -0.3 is 15.8 Å². The molecule has 2 unspecified atom stereocenters. The summed E-state index contributed by atoms with van der Waals surface area (Å²) in [5.41, 5.74) is 6.19. The molecule has 1 aliphatic heterocycles. The maximum atomic E-state index is 13.2. The molecular formula is C15H17FN2O2. The first-order chi connectivity index (χ1) is 9.61. The Labute approximate surface area is 117 Å². The van der Waals surface area contributed by atoms with Gasteiger partial charge in [-0.15, -0.1) is 0 Å². The second-order valence-corrected chi connectivity index (χ2v) is 4.74. The first-order valence-corrected chi connectivity index (χ1v) is 6.52. The Morgan fingerprint density at radius 3 is 3.05 bits per heavy atom. The van der Waals surface area contributed by atoms with Crippen LogP contribution in [-0.4, -0.2) is 25.2 Å². The fourth-order valence-corrected chi connectivity index (χ4v) is 2.11. The number of rotatable bonds is 2. The van der Waals surface area contributed by atoms with Gasteiger partial charge in [0.05, 0.1) is 17.8 Å². The predicted molar refractivity (Wildman–Crippen MR) is 74.5 cm³/mol. The summed E-state index contributed by atoms with van der Waals surface area (Å²) in [6.07, 6.45) is 0.400. The molecule has 2 atom stereocenters. The van der Waals surface area contributed by atoms with Crippen molar-refractivity contribution in [3.8, 4) is 11.8 Å². The minimum absolute atomic E-state index is 0.173. The lowest BCUT2D eigenvalue weighted by molar-refractivity contribution is -0.126. The van der Waals surface area contributed by atoms with Crippen molar-refractivity contribution in [2.24, 2.45) is 11.7 Å². The molecule has 3 N–H and O–H groups in total. The molecule has 1 aromatic rings. The van der Waals surface area contributed by atoms with Crippen LogP contribution in [-0.2, 0) is 9.53 Å². The Balaban J connectivity index is 2.18. The number of hydrogen-bond acceptors (Lipinski definition) is 3. The minimum atomic E-state index is -0.463. The molecular weight excluding hydrogens is 259 g/mol. The normalized spacial score (nSPS) is 21.1. The summed E-state index contributed by atoms with van der Waals surface area (Å²) in [6, 6.07) is 4.05. The fraction of sp³-hybridized carbons (Fsp3) is 0.400. The van der Waals surface area contributed by atoms with Crippen LogP contribution in [0.15, 0.2) is 18.2 Å². The first kappa shape index (κ1) is 14.5. The third kappa shape index (κ3) is 3.35. The number of nitrogens with one attached hydrogen (secondary N) is 1. The van der Waals surface area contributed by atoms with Gasteiger partial charge in [-0.2, -0.15) is 0 Å². The number of ether oxygens (including phenoxy) is 1. The van der Waals surface area contributed by atoms with Crippen LogP contribution in [0, 0.1) is 23.6 Å². The standard InChI is InChI=1S/C15H17FN2O2/c1-10-6-8-20-14(10)15(19)18-13-5-4-12(16)9-11(13)3-2-7-17/h4-5,9-10,14H,6-8,17H2,1H3,(H,18,19). The van der Waals surface area contributed by atoms with Crippen molar-refractivity contribution in [2.45, 2.75) is 19.4 Å². The van der Waals surface area contributed by atoms with Gasteiger partial charge in [-0.3, -0.25) is 4.79 Å². The predicted octanol–water partition coefficient (Wildman–Crippen LogP) is 1.50. The lowest BCUT2D eigenvalue weighted by Gasteiger charge is -2.15. The average molecular weight is 276 g/mol. The summed E-state index contributed by atoms with van der Waals surface area (Å²) in [5.74, 6) is 4.95. The molecule has 0 spiro atoms. The van der Waals surface area contributed by atoms with Crippen molar-refractivity contribution in [3.05, 3.63) is 29.6 Å². The summed E-state index contributed by atoms with van der Waals surface area (Å²) in [6.45, 7) is 2.73. The second-order valence-electron chi connectivity index (χ2n) is 4.74.